The average Bonchev–Trinajstić information content (AvgIpc) is 2.99. The second kappa shape index (κ2) is 8.95. The van der Waals surface area contributed by atoms with Gasteiger partial charge in [0, 0.05) is 30.0 Å². The Balaban J connectivity index is 1.63. The van der Waals surface area contributed by atoms with E-state index in [0.717, 1.165) is 38.8 Å². The number of carbonyl (C=O) groups excluding carboxylic acids is 2. The van der Waals surface area contributed by atoms with Crippen molar-refractivity contribution in [3.63, 3.8) is 0 Å². The maximum Gasteiger partial charge on any atom is 0.321 e. The molecule has 8 nitrogen and oxygen atoms in total. The van der Waals surface area contributed by atoms with Gasteiger partial charge in [-0.2, -0.15) is 0 Å². The van der Waals surface area contributed by atoms with E-state index in [1.54, 1.807) is 29.2 Å². The zero-order valence-electron chi connectivity index (χ0n) is 15.9. The molecule has 3 rings (SSSR count). The molecule has 4 N–H and O–H groups in total. The molecule has 0 aromatic heterocycles. The molecule has 29 heavy (non-hydrogen) atoms. The first-order valence-corrected chi connectivity index (χ1v) is 10.9. The van der Waals surface area contributed by atoms with Gasteiger partial charge in [-0.15, -0.1) is 0 Å². The Kier molecular flexibility index (Phi) is 6.38. The summed E-state index contributed by atoms with van der Waals surface area (Å²) in [6.45, 7) is 1.50. The molecule has 154 valence electrons. The first-order valence-electron chi connectivity index (χ1n) is 9.44. The number of hydrogen-bond donors (Lipinski definition) is 3. The van der Waals surface area contributed by atoms with Crippen LogP contribution in [0, 0.1) is 0 Å². The SMILES string of the molecule is NC(=O)c1ccc(S(=O)(=O)Nc2ccc(NC(=O)N3CCCCCC3)cc2)cc1. The number of carbonyl (C=O) groups is 2. The Morgan fingerprint density at radius 2 is 1.38 bits per heavy atom. The van der Waals surface area contributed by atoms with Gasteiger partial charge in [0.25, 0.3) is 10.0 Å². The van der Waals surface area contributed by atoms with Gasteiger partial charge in [0.05, 0.1) is 4.90 Å². The second-order valence-electron chi connectivity index (χ2n) is 6.90. The van der Waals surface area contributed by atoms with E-state index in [1.807, 2.05) is 0 Å². The largest absolute Gasteiger partial charge is 0.366 e. The Morgan fingerprint density at radius 3 is 1.93 bits per heavy atom. The maximum atomic E-state index is 12.5. The van der Waals surface area contributed by atoms with Gasteiger partial charge in [0.1, 0.15) is 0 Å². The first kappa shape index (κ1) is 20.7. The van der Waals surface area contributed by atoms with Crippen molar-refractivity contribution < 1.29 is 18.0 Å². The molecule has 1 saturated heterocycles. The standard InChI is InChI=1S/C20H24N4O4S/c21-19(25)15-5-11-18(12-6-15)29(27,28)23-17-9-7-16(8-10-17)22-20(26)24-13-3-1-2-4-14-24/h5-12,23H,1-4,13-14H2,(H2,21,25)(H,22,26). The van der Waals surface area contributed by atoms with E-state index >= 15 is 0 Å². The van der Waals surface area contributed by atoms with E-state index in [0.29, 0.717) is 11.4 Å². The summed E-state index contributed by atoms with van der Waals surface area (Å²) in [5.41, 5.74) is 6.34. The highest BCUT2D eigenvalue weighted by molar-refractivity contribution is 7.92. The molecule has 0 aliphatic carbocycles. The van der Waals surface area contributed by atoms with Crippen LogP contribution in [0.15, 0.2) is 53.4 Å². The van der Waals surface area contributed by atoms with Gasteiger partial charge < -0.3 is 16.0 Å². The van der Waals surface area contributed by atoms with Gasteiger partial charge in [-0.25, -0.2) is 13.2 Å². The molecule has 0 atom stereocenters. The number of likely N-dealkylation sites (tertiary alicyclic amines) is 1. The first-order chi connectivity index (χ1) is 13.8. The molecule has 1 aliphatic heterocycles. The summed E-state index contributed by atoms with van der Waals surface area (Å²) in [5, 5.41) is 2.84. The number of hydrogen-bond acceptors (Lipinski definition) is 4. The predicted octanol–water partition coefficient (Wildman–Crippen LogP) is 2.99. The summed E-state index contributed by atoms with van der Waals surface area (Å²) in [6, 6.07) is 11.6. The second-order valence-corrected chi connectivity index (χ2v) is 8.59. The Morgan fingerprint density at radius 1 is 0.828 bits per heavy atom. The van der Waals surface area contributed by atoms with Gasteiger partial charge in [-0.3, -0.25) is 9.52 Å². The molecular weight excluding hydrogens is 392 g/mol. The quantitative estimate of drug-likeness (QED) is 0.693. The fraction of sp³-hybridized carbons (Fsp3) is 0.300. The number of benzene rings is 2. The van der Waals surface area contributed by atoms with Crippen LogP contribution >= 0.6 is 0 Å². The van der Waals surface area contributed by atoms with Crippen molar-refractivity contribution in [2.45, 2.75) is 30.6 Å². The molecular formula is C20H24N4O4S. The zero-order valence-corrected chi connectivity index (χ0v) is 16.7. The molecule has 2 aromatic rings. The third-order valence-electron chi connectivity index (χ3n) is 4.73. The summed E-state index contributed by atoms with van der Waals surface area (Å²) in [7, 11) is -3.81. The predicted molar refractivity (Wildman–Crippen MR) is 111 cm³/mol. The number of rotatable bonds is 5. The zero-order chi connectivity index (χ0) is 20.9. The lowest BCUT2D eigenvalue weighted by Gasteiger charge is -2.20. The van der Waals surface area contributed by atoms with Crippen LogP contribution in [0.3, 0.4) is 0 Å². The molecule has 1 heterocycles. The summed E-state index contributed by atoms with van der Waals surface area (Å²) >= 11 is 0. The minimum Gasteiger partial charge on any atom is -0.366 e. The summed E-state index contributed by atoms with van der Waals surface area (Å²) in [4.78, 5) is 25.3. The van der Waals surface area contributed by atoms with Crippen molar-refractivity contribution in [2.75, 3.05) is 23.1 Å². The maximum absolute atomic E-state index is 12.5. The fourth-order valence-corrected chi connectivity index (χ4v) is 4.17. The van der Waals surface area contributed by atoms with Gasteiger partial charge in [0.2, 0.25) is 5.91 Å². The average molecular weight is 417 g/mol. The van der Waals surface area contributed by atoms with Crippen LogP contribution in [0.5, 0.6) is 0 Å². The third-order valence-corrected chi connectivity index (χ3v) is 6.13. The van der Waals surface area contributed by atoms with Crippen LogP contribution < -0.4 is 15.8 Å². The highest BCUT2D eigenvalue weighted by Gasteiger charge is 2.17. The molecule has 2 aromatic carbocycles. The van der Waals surface area contributed by atoms with Gasteiger partial charge in [-0.1, -0.05) is 12.8 Å². The number of nitrogens with one attached hydrogen (secondary N) is 2. The van der Waals surface area contributed by atoms with Crippen molar-refractivity contribution in [1.29, 1.82) is 0 Å². The van der Waals surface area contributed by atoms with Crippen molar-refractivity contribution in [2.24, 2.45) is 5.73 Å². The number of amides is 3. The molecule has 0 radical (unpaired) electrons. The molecule has 0 bridgehead atoms. The lowest BCUT2D eigenvalue weighted by atomic mass is 10.2. The topological polar surface area (TPSA) is 122 Å². The van der Waals surface area contributed by atoms with Crippen LogP contribution in [-0.4, -0.2) is 38.3 Å². The van der Waals surface area contributed by atoms with E-state index in [-0.39, 0.29) is 16.5 Å². The number of sulfonamides is 1. The Bertz CT molecular complexity index is 965. The van der Waals surface area contributed by atoms with Crippen molar-refractivity contribution in [3.8, 4) is 0 Å². The number of nitrogens with zero attached hydrogens (tertiary/aromatic N) is 1. The number of anilines is 2. The Hall–Kier alpha value is -3.07. The normalized spacial score (nSPS) is 14.7. The molecule has 0 spiro atoms. The number of primary amides is 1. The van der Waals surface area contributed by atoms with Crippen molar-refractivity contribution in [1.82, 2.24) is 4.90 Å². The smallest absolute Gasteiger partial charge is 0.321 e. The molecule has 3 amide bonds. The minimum atomic E-state index is -3.81. The minimum absolute atomic E-state index is 0.0149. The lowest BCUT2D eigenvalue weighted by molar-refractivity contribution is 0.1000. The third kappa shape index (κ3) is 5.47. The van der Waals surface area contributed by atoms with Crippen LogP contribution in [0.4, 0.5) is 16.2 Å². The molecule has 9 heteroatoms. The van der Waals surface area contributed by atoms with E-state index in [2.05, 4.69) is 10.0 Å². The highest BCUT2D eigenvalue weighted by atomic mass is 32.2. The van der Waals surface area contributed by atoms with E-state index in [4.69, 9.17) is 5.73 Å². The number of nitrogens with two attached hydrogens (primary N) is 1. The van der Waals surface area contributed by atoms with Crippen molar-refractivity contribution in [3.05, 3.63) is 54.1 Å². The molecule has 0 unspecified atom stereocenters. The highest BCUT2D eigenvalue weighted by Crippen LogP contribution is 2.19. The monoisotopic (exact) mass is 416 g/mol. The Labute approximate surface area is 170 Å². The van der Waals surface area contributed by atoms with Crippen LogP contribution in [0.2, 0.25) is 0 Å². The fourth-order valence-electron chi connectivity index (χ4n) is 3.11. The summed E-state index contributed by atoms with van der Waals surface area (Å²) < 4.78 is 27.4. The lowest BCUT2D eigenvalue weighted by Crippen LogP contribution is -2.35. The van der Waals surface area contributed by atoms with Crippen LogP contribution in [0.25, 0.3) is 0 Å². The molecule has 1 fully saturated rings. The van der Waals surface area contributed by atoms with Crippen LogP contribution in [0.1, 0.15) is 36.0 Å². The summed E-state index contributed by atoms with van der Waals surface area (Å²) in [6.07, 6.45) is 4.30. The molecule has 0 saturated carbocycles. The van der Waals surface area contributed by atoms with Gasteiger partial charge in [-0.05, 0) is 61.4 Å². The van der Waals surface area contributed by atoms with E-state index in [9.17, 15) is 18.0 Å². The summed E-state index contributed by atoms with van der Waals surface area (Å²) in [5.74, 6) is -0.625. The van der Waals surface area contributed by atoms with Gasteiger partial charge in [0.15, 0.2) is 0 Å². The van der Waals surface area contributed by atoms with E-state index in [1.165, 1.54) is 24.3 Å². The van der Waals surface area contributed by atoms with Crippen LogP contribution in [-0.2, 0) is 10.0 Å². The van der Waals surface area contributed by atoms with Gasteiger partial charge >= 0.3 is 6.03 Å². The molecule has 1 aliphatic rings. The number of urea groups is 1. The van der Waals surface area contributed by atoms with Crippen molar-refractivity contribution >= 4 is 33.3 Å². The van der Waals surface area contributed by atoms with E-state index < -0.39 is 15.9 Å².